The number of halogens is 1. The van der Waals surface area contributed by atoms with E-state index in [1.54, 1.807) is 19.1 Å². The summed E-state index contributed by atoms with van der Waals surface area (Å²) in [6.45, 7) is 3.72. The summed E-state index contributed by atoms with van der Waals surface area (Å²) in [5, 5.41) is 3.13. The molecule has 0 saturated heterocycles. The Labute approximate surface area is 114 Å². The summed E-state index contributed by atoms with van der Waals surface area (Å²) in [6.07, 6.45) is 4.71. The second-order valence-corrected chi connectivity index (χ2v) is 5.33. The molecule has 1 aliphatic carbocycles. The summed E-state index contributed by atoms with van der Waals surface area (Å²) >= 11 is 0. The summed E-state index contributed by atoms with van der Waals surface area (Å²) in [4.78, 5) is 4.47. The van der Waals surface area contributed by atoms with Crippen LogP contribution in [-0.2, 0) is 0 Å². The third-order valence-corrected chi connectivity index (χ3v) is 3.71. The number of aliphatic imine (C=N–C) groups is 1. The highest BCUT2D eigenvalue weighted by atomic mass is 19.1. The SMILES string of the molecule is Cc1ccc(C(C)NC(N)=NC2CCCC2)cc1F. The second-order valence-electron chi connectivity index (χ2n) is 5.33. The van der Waals surface area contributed by atoms with E-state index in [4.69, 9.17) is 5.73 Å². The predicted octanol–water partition coefficient (Wildman–Crippen LogP) is 3.04. The lowest BCUT2D eigenvalue weighted by Gasteiger charge is -2.16. The zero-order valence-corrected chi connectivity index (χ0v) is 11.6. The minimum Gasteiger partial charge on any atom is -0.370 e. The fourth-order valence-corrected chi connectivity index (χ4v) is 2.45. The summed E-state index contributed by atoms with van der Waals surface area (Å²) in [5.41, 5.74) is 7.44. The Kier molecular flexibility index (Phi) is 4.40. The van der Waals surface area contributed by atoms with E-state index in [9.17, 15) is 4.39 Å². The summed E-state index contributed by atoms with van der Waals surface area (Å²) in [6, 6.07) is 5.57. The van der Waals surface area contributed by atoms with Crippen LogP contribution in [0, 0.1) is 12.7 Å². The number of aryl methyl sites for hydroxylation is 1. The largest absolute Gasteiger partial charge is 0.370 e. The van der Waals surface area contributed by atoms with E-state index >= 15 is 0 Å². The maximum atomic E-state index is 13.5. The zero-order chi connectivity index (χ0) is 13.8. The van der Waals surface area contributed by atoms with Gasteiger partial charge < -0.3 is 11.1 Å². The molecule has 1 fully saturated rings. The lowest BCUT2D eigenvalue weighted by Crippen LogP contribution is -2.34. The first-order chi connectivity index (χ1) is 9.06. The Bertz CT molecular complexity index is 464. The number of hydrogen-bond acceptors (Lipinski definition) is 1. The van der Waals surface area contributed by atoms with Gasteiger partial charge in [-0.25, -0.2) is 4.39 Å². The zero-order valence-electron chi connectivity index (χ0n) is 11.6. The Hall–Kier alpha value is -1.58. The number of rotatable bonds is 3. The molecule has 0 amide bonds. The molecule has 0 heterocycles. The number of guanidine groups is 1. The summed E-state index contributed by atoms with van der Waals surface area (Å²) < 4.78 is 13.5. The highest BCUT2D eigenvalue weighted by Crippen LogP contribution is 2.21. The Balaban J connectivity index is 1.99. The van der Waals surface area contributed by atoms with E-state index in [-0.39, 0.29) is 11.9 Å². The van der Waals surface area contributed by atoms with Crippen molar-refractivity contribution in [3.05, 3.63) is 35.1 Å². The molecule has 1 saturated carbocycles. The highest BCUT2D eigenvalue weighted by Gasteiger charge is 2.15. The van der Waals surface area contributed by atoms with Crippen molar-refractivity contribution in [1.82, 2.24) is 5.32 Å². The van der Waals surface area contributed by atoms with Crippen LogP contribution in [0.1, 0.15) is 49.8 Å². The van der Waals surface area contributed by atoms with Crippen LogP contribution in [0.3, 0.4) is 0 Å². The van der Waals surface area contributed by atoms with E-state index in [1.807, 2.05) is 13.0 Å². The van der Waals surface area contributed by atoms with Crippen molar-refractivity contribution >= 4 is 5.96 Å². The molecule has 4 heteroatoms. The fraction of sp³-hybridized carbons (Fsp3) is 0.533. The first-order valence-corrected chi connectivity index (χ1v) is 6.92. The van der Waals surface area contributed by atoms with Gasteiger partial charge in [-0.2, -0.15) is 0 Å². The highest BCUT2D eigenvalue weighted by molar-refractivity contribution is 5.78. The van der Waals surface area contributed by atoms with Crippen LogP contribution in [0.15, 0.2) is 23.2 Å². The normalized spacial score (nSPS) is 18.6. The molecule has 1 aromatic carbocycles. The maximum Gasteiger partial charge on any atom is 0.189 e. The van der Waals surface area contributed by atoms with Crippen LogP contribution in [0.25, 0.3) is 0 Å². The molecule has 0 aliphatic heterocycles. The van der Waals surface area contributed by atoms with Crippen LogP contribution in [0.2, 0.25) is 0 Å². The number of hydrogen-bond donors (Lipinski definition) is 2. The number of nitrogens with zero attached hydrogens (tertiary/aromatic N) is 1. The van der Waals surface area contributed by atoms with Gasteiger partial charge in [0.15, 0.2) is 5.96 Å². The van der Waals surface area contributed by atoms with Gasteiger partial charge in [0.05, 0.1) is 12.1 Å². The third-order valence-electron chi connectivity index (χ3n) is 3.71. The van der Waals surface area contributed by atoms with Crippen molar-refractivity contribution in [1.29, 1.82) is 0 Å². The molecule has 2 rings (SSSR count). The third kappa shape index (κ3) is 3.69. The molecular weight excluding hydrogens is 241 g/mol. The average molecular weight is 263 g/mol. The Morgan fingerprint density at radius 3 is 2.74 bits per heavy atom. The van der Waals surface area contributed by atoms with Crippen LogP contribution in [0.4, 0.5) is 4.39 Å². The summed E-state index contributed by atoms with van der Waals surface area (Å²) in [5.74, 6) is 0.276. The van der Waals surface area contributed by atoms with Crippen molar-refractivity contribution in [3.63, 3.8) is 0 Å². The fourth-order valence-electron chi connectivity index (χ4n) is 2.45. The molecule has 0 radical (unpaired) electrons. The Morgan fingerprint density at radius 2 is 2.11 bits per heavy atom. The van der Waals surface area contributed by atoms with Gasteiger partial charge in [0.2, 0.25) is 0 Å². The van der Waals surface area contributed by atoms with Gasteiger partial charge in [0, 0.05) is 0 Å². The first-order valence-electron chi connectivity index (χ1n) is 6.92. The standard InChI is InChI=1S/C15H22FN3/c1-10-7-8-12(9-14(10)16)11(2)18-15(17)19-13-5-3-4-6-13/h7-9,11,13H,3-6H2,1-2H3,(H3,17,18,19). The number of nitrogens with one attached hydrogen (secondary N) is 1. The van der Waals surface area contributed by atoms with Crippen molar-refractivity contribution < 1.29 is 4.39 Å². The molecular formula is C15H22FN3. The topological polar surface area (TPSA) is 50.4 Å². The minimum absolute atomic E-state index is 0.0414. The van der Waals surface area contributed by atoms with E-state index in [0.29, 0.717) is 17.6 Å². The van der Waals surface area contributed by atoms with Gasteiger partial charge in [-0.15, -0.1) is 0 Å². The quantitative estimate of drug-likeness (QED) is 0.650. The van der Waals surface area contributed by atoms with Crippen molar-refractivity contribution in [3.8, 4) is 0 Å². The van der Waals surface area contributed by atoms with Gasteiger partial charge in [0.25, 0.3) is 0 Å². The van der Waals surface area contributed by atoms with Gasteiger partial charge in [0.1, 0.15) is 5.82 Å². The number of benzene rings is 1. The van der Waals surface area contributed by atoms with E-state index in [0.717, 1.165) is 18.4 Å². The molecule has 3 N–H and O–H groups in total. The van der Waals surface area contributed by atoms with Gasteiger partial charge >= 0.3 is 0 Å². The molecule has 0 bridgehead atoms. The number of nitrogens with two attached hydrogens (primary N) is 1. The molecule has 0 spiro atoms. The molecule has 1 aromatic rings. The van der Waals surface area contributed by atoms with Crippen LogP contribution in [0.5, 0.6) is 0 Å². The van der Waals surface area contributed by atoms with E-state index in [2.05, 4.69) is 10.3 Å². The second kappa shape index (κ2) is 6.04. The van der Waals surface area contributed by atoms with Crippen molar-refractivity contribution in [2.24, 2.45) is 10.7 Å². The van der Waals surface area contributed by atoms with Crippen molar-refractivity contribution in [2.75, 3.05) is 0 Å². The lowest BCUT2D eigenvalue weighted by atomic mass is 10.1. The lowest BCUT2D eigenvalue weighted by molar-refractivity contribution is 0.608. The molecule has 3 nitrogen and oxygen atoms in total. The van der Waals surface area contributed by atoms with Crippen LogP contribution in [-0.4, -0.2) is 12.0 Å². The summed E-state index contributed by atoms with van der Waals surface area (Å²) in [7, 11) is 0. The van der Waals surface area contributed by atoms with Gasteiger partial charge in [-0.1, -0.05) is 25.0 Å². The van der Waals surface area contributed by atoms with E-state index < -0.39 is 0 Å². The van der Waals surface area contributed by atoms with Crippen molar-refractivity contribution in [2.45, 2.75) is 51.6 Å². The smallest absolute Gasteiger partial charge is 0.189 e. The van der Waals surface area contributed by atoms with Crippen LogP contribution < -0.4 is 11.1 Å². The maximum absolute atomic E-state index is 13.5. The van der Waals surface area contributed by atoms with Crippen LogP contribution >= 0.6 is 0 Å². The van der Waals surface area contributed by atoms with Gasteiger partial charge in [-0.3, -0.25) is 4.99 Å². The van der Waals surface area contributed by atoms with E-state index in [1.165, 1.54) is 12.8 Å². The molecule has 1 unspecified atom stereocenters. The molecule has 0 aromatic heterocycles. The molecule has 19 heavy (non-hydrogen) atoms. The average Bonchev–Trinajstić information content (AvgIpc) is 2.85. The Morgan fingerprint density at radius 1 is 1.42 bits per heavy atom. The molecule has 1 atom stereocenters. The monoisotopic (exact) mass is 263 g/mol. The predicted molar refractivity (Wildman–Crippen MR) is 76.6 cm³/mol. The minimum atomic E-state index is -0.183. The molecule has 104 valence electrons. The molecule has 1 aliphatic rings. The first kappa shape index (κ1) is 13.8. The van der Waals surface area contributed by atoms with Gasteiger partial charge in [-0.05, 0) is 43.9 Å².